The van der Waals surface area contributed by atoms with Crippen LogP contribution in [0.3, 0.4) is 0 Å². The van der Waals surface area contributed by atoms with Crippen LogP contribution in [0.5, 0.6) is 0 Å². The number of carbonyl (C=O) groups excluding carboxylic acids is 1. The van der Waals surface area contributed by atoms with Gasteiger partial charge in [-0.3, -0.25) is 9.59 Å². The van der Waals surface area contributed by atoms with E-state index in [0.717, 1.165) is 6.42 Å². The Hall–Kier alpha value is -1.62. The molecule has 0 saturated heterocycles. The van der Waals surface area contributed by atoms with Gasteiger partial charge in [0.1, 0.15) is 0 Å². The predicted molar refractivity (Wildman–Crippen MR) is 55.9 cm³/mol. The van der Waals surface area contributed by atoms with Gasteiger partial charge in [-0.1, -0.05) is 0 Å². The number of H-pyrrole nitrogens is 1. The lowest BCUT2D eigenvalue weighted by atomic mass is 10.2. The largest absolute Gasteiger partial charge is 0.385 e. The van der Waals surface area contributed by atoms with Crippen LogP contribution in [0, 0.1) is 0 Å². The molecule has 0 atom stereocenters. The number of rotatable bonds is 5. The Morgan fingerprint density at radius 3 is 3.07 bits per heavy atom. The summed E-state index contributed by atoms with van der Waals surface area (Å²) in [4.78, 5) is 24.8. The van der Waals surface area contributed by atoms with Crippen LogP contribution in [0.4, 0.5) is 0 Å². The van der Waals surface area contributed by atoms with Gasteiger partial charge in [0.15, 0.2) is 0 Å². The molecule has 0 spiro atoms. The molecule has 1 aromatic heterocycles. The van der Waals surface area contributed by atoms with E-state index in [9.17, 15) is 9.59 Å². The van der Waals surface area contributed by atoms with Crippen LogP contribution in [-0.4, -0.2) is 31.2 Å². The zero-order valence-corrected chi connectivity index (χ0v) is 8.58. The summed E-state index contributed by atoms with van der Waals surface area (Å²) in [5.41, 5.74) is 0.0932. The number of hydrogen-bond acceptors (Lipinski definition) is 3. The normalized spacial score (nSPS) is 9.93. The molecule has 1 aromatic rings. The summed E-state index contributed by atoms with van der Waals surface area (Å²) in [5, 5.41) is 2.69. The lowest BCUT2D eigenvalue weighted by Crippen LogP contribution is -2.26. The van der Waals surface area contributed by atoms with E-state index in [0.29, 0.717) is 18.7 Å². The molecule has 5 heteroatoms. The van der Waals surface area contributed by atoms with Gasteiger partial charge in [-0.05, 0) is 12.5 Å². The molecule has 0 aliphatic rings. The Labute approximate surface area is 87.5 Å². The van der Waals surface area contributed by atoms with E-state index in [1.807, 2.05) is 0 Å². The van der Waals surface area contributed by atoms with E-state index in [1.54, 1.807) is 13.2 Å². The molecule has 1 rings (SSSR count). The minimum absolute atomic E-state index is 0.239. The summed E-state index contributed by atoms with van der Waals surface area (Å²) in [6, 6.07) is 2.83. The van der Waals surface area contributed by atoms with Gasteiger partial charge < -0.3 is 15.0 Å². The molecule has 1 amide bonds. The fourth-order valence-electron chi connectivity index (χ4n) is 1.11. The van der Waals surface area contributed by atoms with Gasteiger partial charge in [-0.2, -0.15) is 0 Å². The topological polar surface area (TPSA) is 71.2 Å². The molecule has 2 N–H and O–H groups in total. The number of carbonyl (C=O) groups is 1. The lowest BCUT2D eigenvalue weighted by molar-refractivity contribution is 0.0948. The Morgan fingerprint density at radius 2 is 2.40 bits per heavy atom. The van der Waals surface area contributed by atoms with Gasteiger partial charge in [-0.15, -0.1) is 0 Å². The minimum atomic E-state index is -0.278. The summed E-state index contributed by atoms with van der Waals surface area (Å²) in [6.45, 7) is 1.15. The first-order valence-electron chi connectivity index (χ1n) is 4.70. The maximum Gasteiger partial charge on any atom is 0.251 e. The van der Waals surface area contributed by atoms with Crippen molar-refractivity contribution < 1.29 is 9.53 Å². The van der Waals surface area contributed by atoms with Crippen LogP contribution in [-0.2, 0) is 4.74 Å². The van der Waals surface area contributed by atoms with Gasteiger partial charge in [0, 0.05) is 38.1 Å². The zero-order valence-electron chi connectivity index (χ0n) is 8.58. The predicted octanol–water partition coefficient (Wildman–Crippen LogP) is 0.141. The van der Waals surface area contributed by atoms with Crippen LogP contribution in [0.25, 0.3) is 0 Å². The van der Waals surface area contributed by atoms with Gasteiger partial charge in [-0.25, -0.2) is 0 Å². The second-order valence-corrected chi connectivity index (χ2v) is 3.04. The summed E-state index contributed by atoms with van der Waals surface area (Å²) >= 11 is 0. The van der Waals surface area contributed by atoms with Crippen molar-refractivity contribution in [3.05, 3.63) is 34.2 Å². The molecule has 1 heterocycles. The molecule has 0 unspecified atom stereocenters. The Balaban J connectivity index is 2.44. The van der Waals surface area contributed by atoms with E-state index in [1.165, 1.54) is 12.3 Å². The van der Waals surface area contributed by atoms with Gasteiger partial charge in [0.05, 0.1) is 0 Å². The third kappa shape index (κ3) is 3.95. The lowest BCUT2D eigenvalue weighted by Gasteiger charge is -2.03. The monoisotopic (exact) mass is 210 g/mol. The van der Waals surface area contributed by atoms with Crippen molar-refractivity contribution in [2.24, 2.45) is 0 Å². The second-order valence-electron chi connectivity index (χ2n) is 3.04. The van der Waals surface area contributed by atoms with Crippen LogP contribution in [0.2, 0.25) is 0 Å². The van der Waals surface area contributed by atoms with Gasteiger partial charge >= 0.3 is 0 Å². The summed E-state index contributed by atoms with van der Waals surface area (Å²) in [5.74, 6) is -0.239. The number of nitrogens with one attached hydrogen (secondary N) is 2. The average molecular weight is 210 g/mol. The van der Waals surface area contributed by atoms with Crippen molar-refractivity contribution in [2.75, 3.05) is 20.3 Å². The number of hydrogen-bond donors (Lipinski definition) is 2. The first kappa shape index (κ1) is 11.5. The molecule has 0 radical (unpaired) electrons. The average Bonchev–Trinajstić information content (AvgIpc) is 2.24. The molecular weight excluding hydrogens is 196 g/mol. The van der Waals surface area contributed by atoms with Gasteiger partial charge in [0.25, 0.3) is 5.91 Å². The van der Waals surface area contributed by atoms with Crippen molar-refractivity contribution in [1.29, 1.82) is 0 Å². The first-order valence-corrected chi connectivity index (χ1v) is 4.70. The molecule has 0 aliphatic carbocycles. The minimum Gasteiger partial charge on any atom is -0.385 e. The summed E-state index contributed by atoms with van der Waals surface area (Å²) in [6.07, 6.45) is 2.21. The number of pyridine rings is 1. The van der Waals surface area contributed by atoms with Crippen molar-refractivity contribution >= 4 is 5.91 Å². The van der Waals surface area contributed by atoms with Crippen LogP contribution >= 0.6 is 0 Å². The quantitative estimate of drug-likeness (QED) is 0.679. The van der Waals surface area contributed by atoms with Crippen molar-refractivity contribution in [3.63, 3.8) is 0 Å². The molecule has 0 aromatic carbocycles. The van der Waals surface area contributed by atoms with E-state index in [2.05, 4.69) is 10.3 Å². The number of methoxy groups -OCH3 is 1. The van der Waals surface area contributed by atoms with Crippen LogP contribution in [0.15, 0.2) is 23.1 Å². The van der Waals surface area contributed by atoms with Crippen LogP contribution < -0.4 is 10.9 Å². The first-order chi connectivity index (χ1) is 7.24. The van der Waals surface area contributed by atoms with Crippen molar-refractivity contribution in [3.8, 4) is 0 Å². The zero-order chi connectivity index (χ0) is 11.1. The molecule has 5 nitrogen and oxygen atoms in total. The van der Waals surface area contributed by atoms with E-state index >= 15 is 0 Å². The van der Waals surface area contributed by atoms with Gasteiger partial charge in [0.2, 0.25) is 5.56 Å². The standard InChI is InChI=1S/C10H14N2O3/c1-15-6-2-4-12-10(14)8-3-5-11-9(13)7-8/h3,5,7H,2,4,6H2,1H3,(H,11,13)(H,12,14). The second kappa shape index (κ2) is 5.98. The maximum absolute atomic E-state index is 11.5. The number of ether oxygens (including phenoxy) is 1. The third-order valence-corrected chi connectivity index (χ3v) is 1.85. The van der Waals surface area contributed by atoms with Crippen molar-refractivity contribution in [2.45, 2.75) is 6.42 Å². The van der Waals surface area contributed by atoms with E-state index in [4.69, 9.17) is 4.74 Å². The van der Waals surface area contributed by atoms with Crippen LogP contribution in [0.1, 0.15) is 16.8 Å². The number of aromatic nitrogens is 1. The maximum atomic E-state index is 11.5. The number of aromatic amines is 1. The smallest absolute Gasteiger partial charge is 0.251 e. The summed E-state index contributed by atoms with van der Waals surface area (Å²) in [7, 11) is 1.61. The highest BCUT2D eigenvalue weighted by Crippen LogP contribution is 1.92. The Morgan fingerprint density at radius 1 is 1.60 bits per heavy atom. The van der Waals surface area contributed by atoms with E-state index < -0.39 is 0 Å². The summed E-state index contributed by atoms with van der Waals surface area (Å²) < 4.78 is 4.84. The molecule has 82 valence electrons. The highest BCUT2D eigenvalue weighted by atomic mass is 16.5. The van der Waals surface area contributed by atoms with E-state index in [-0.39, 0.29) is 11.5 Å². The molecule has 0 saturated carbocycles. The van der Waals surface area contributed by atoms with Crippen molar-refractivity contribution in [1.82, 2.24) is 10.3 Å². The highest BCUT2D eigenvalue weighted by molar-refractivity contribution is 5.93. The fraction of sp³-hybridized carbons (Fsp3) is 0.400. The molecule has 0 fully saturated rings. The molecule has 0 aliphatic heterocycles. The number of amides is 1. The molecular formula is C10H14N2O3. The SMILES string of the molecule is COCCCNC(=O)c1cc[nH]c(=O)c1. The Bertz CT molecular complexity index is 373. The molecule has 0 bridgehead atoms. The fourth-order valence-corrected chi connectivity index (χ4v) is 1.11. The third-order valence-electron chi connectivity index (χ3n) is 1.85. The Kier molecular flexibility index (Phi) is 4.56. The molecule has 15 heavy (non-hydrogen) atoms. The highest BCUT2D eigenvalue weighted by Gasteiger charge is 2.03.